The highest BCUT2D eigenvalue weighted by atomic mass is 32.2. The van der Waals surface area contributed by atoms with Gasteiger partial charge >= 0.3 is 10.2 Å². The van der Waals surface area contributed by atoms with Crippen LogP contribution in [-0.2, 0) is 21.4 Å². The van der Waals surface area contributed by atoms with Gasteiger partial charge in [-0.2, -0.15) is 8.42 Å². The zero-order valence-electron chi connectivity index (χ0n) is 15.2. The van der Waals surface area contributed by atoms with Crippen LogP contribution in [0, 0.1) is 5.82 Å². The molecule has 0 radical (unpaired) electrons. The highest BCUT2D eigenvalue weighted by Gasteiger charge is 2.38. The van der Waals surface area contributed by atoms with Crippen molar-refractivity contribution in [2.45, 2.75) is 6.42 Å². The Kier molecular flexibility index (Phi) is 5.62. The first-order valence-electron chi connectivity index (χ1n) is 8.57. The molecular weight excluding hydrogens is 401 g/mol. The molecule has 3 rings (SSSR count). The number of carbonyl (C=O) groups excluding carboxylic acids is 1. The second-order valence-electron chi connectivity index (χ2n) is 6.39. The van der Waals surface area contributed by atoms with Crippen LogP contribution in [-0.4, -0.2) is 37.5 Å². The highest BCUT2D eigenvalue weighted by molar-refractivity contribution is 7.92. The van der Waals surface area contributed by atoms with E-state index < -0.39 is 39.9 Å². The number of aromatic hydroxyl groups is 1. The van der Waals surface area contributed by atoms with E-state index in [4.69, 9.17) is 11.6 Å². The topological polar surface area (TPSA) is 142 Å². The van der Waals surface area contributed by atoms with Crippen molar-refractivity contribution in [3.63, 3.8) is 0 Å². The minimum atomic E-state index is -4.30. The molecule has 2 aromatic carbocycles. The van der Waals surface area contributed by atoms with Gasteiger partial charge in [-0.1, -0.05) is 30.3 Å². The Morgan fingerprint density at radius 1 is 1.28 bits per heavy atom. The fourth-order valence-corrected chi connectivity index (χ4v) is 4.04. The standard InChI is InChI=1S/C18H20FN5O4S/c19-17-13(14(20)10-23(21)9-8-12-4-2-1-3-5-12)6-7-15(25)18(17)24-11-16(26)22-29(24,27)28/h1-7,10,25H,8-9,11,20-21H2,(H,22,26)/b14-10-. The third-order valence-electron chi connectivity index (χ3n) is 4.28. The molecule has 1 aliphatic rings. The van der Waals surface area contributed by atoms with Crippen LogP contribution in [0.25, 0.3) is 5.70 Å². The number of carbonyl (C=O) groups is 1. The highest BCUT2D eigenvalue weighted by Crippen LogP contribution is 2.36. The monoisotopic (exact) mass is 421 g/mol. The summed E-state index contributed by atoms with van der Waals surface area (Å²) >= 11 is 0. The van der Waals surface area contributed by atoms with Crippen LogP contribution in [0.3, 0.4) is 0 Å². The zero-order chi connectivity index (χ0) is 21.2. The number of hydrogen-bond donors (Lipinski definition) is 4. The Balaban J connectivity index is 1.85. The van der Waals surface area contributed by atoms with Gasteiger partial charge in [-0.25, -0.2) is 19.3 Å². The summed E-state index contributed by atoms with van der Waals surface area (Å²) in [6, 6.07) is 11.9. The molecule has 1 aliphatic heterocycles. The lowest BCUT2D eigenvalue weighted by molar-refractivity contribution is -0.117. The van der Waals surface area contributed by atoms with Gasteiger partial charge in [-0.3, -0.25) is 4.79 Å². The normalized spacial score (nSPS) is 16.0. The maximum absolute atomic E-state index is 15.0. The quantitative estimate of drug-likeness (QED) is 0.390. The lowest BCUT2D eigenvalue weighted by atomic mass is 10.1. The number of phenols is 1. The fourth-order valence-electron chi connectivity index (χ4n) is 2.88. The van der Waals surface area contributed by atoms with Crippen LogP contribution >= 0.6 is 0 Å². The lowest BCUT2D eigenvalue weighted by Gasteiger charge is -2.19. The summed E-state index contributed by atoms with van der Waals surface area (Å²) < 4.78 is 41.2. The van der Waals surface area contributed by atoms with Crippen LogP contribution < -0.4 is 20.6 Å². The number of halogens is 1. The Labute approximate surface area is 167 Å². The van der Waals surface area contributed by atoms with E-state index in [0.717, 1.165) is 11.6 Å². The number of nitrogens with two attached hydrogens (primary N) is 2. The Morgan fingerprint density at radius 2 is 1.97 bits per heavy atom. The predicted octanol–water partition coefficient (Wildman–Crippen LogP) is 0.388. The number of hydrogen-bond acceptors (Lipinski definition) is 7. The van der Waals surface area contributed by atoms with Crippen LogP contribution in [0.5, 0.6) is 5.75 Å². The summed E-state index contributed by atoms with van der Waals surface area (Å²) in [5.41, 5.74) is 6.10. The summed E-state index contributed by atoms with van der Waals surface area (Å²) in [5, 5.41) is 11.3. The van der Waals surface area contributed by atoms with Crippen molar-refractivity contribution in [3.8, 4) is 5.75 Å². The van der Waals surface area contributed by atoms with E-state index in [1.165, 1.54) is 17.3 Å². The molecular formula is C18H20FN5O4S. The lowest BCUT2D eigenvalue weighted by Crippen LogP contribution is -2.31. The Morgan fingerprint density at radius 3 is 2.59 bits per heavy atom. The number of nitrogens with zero attached hydrogens (tertiary/aromatic N) is 2. The first-order valence-corrected chi connectivity index (χ1v) is 10.0. The summed E-state index contributed by atoms with van der Waals surface area (Å²) in [7, 11) is -4.30. The van der Waals surface area contributed by atoms with E-state index in [0.29, 0.717) is 17.3 Å². The van der Waals surface area contributed by atoms with Crippen molar-refractivity contribution in [1.82, 2.24) is 9.73 Å². The van der Waals surface area contributed by atoms with E-state index in [9.17, 15) is 18.3 Å². The van der Waals surface area contributed by atoms with Gasteiger partial charge in [-0.05, 0) is 24.1 Å². The molecule has 1 heterocycles. The maximum Gasteiger partial charge on any atom is 0.326 e. The Hall–Kier alpha value is -3.31. The van der Waals surface area contributed by atoms with Crippen molar-refractivity contribution in [3.05, 3.63) is 65.6 Å². The molecule has 1 amide bonds. The first-order chi connectivity index (χ1) is 13.7. The van der Waals surface area contributed by atoms with Gasteiger partial charge in [0.2, 0.25) is 0 Å². The van der Waals surface area contributed by atoms with Crippen molar-refractivity contribution in [2.24, 2.45) is 11.6 Å². The van der Waals surface area contributed by atoms with Crippen molar-refractivity contribution < 1.29 is 22.7 Å². The molecule has 0 atom stereocenters. The largest absolute Gasteiger partial charge is 0.506 e. The van der Waals surface area contributed by atoms with Gasteiger partial charge in [0, 0.05) is 18.3 Å². The predicted molar refractivity (Wildman–Crippen MR) is 106 cm³/mol. The molecule has 11 heteroatoms. The van der Waals surface area contributed by atoms with Crippen LogP contribution in [0.4, 0.5) is 10.1 Å². The van der Waals surface area contributed by atoms with E-state index in [1.54, 1.807) is 4.72 Å². The van der Waals surface area contributed by atoms with E-state index in [-0.39, 0.29) is 11.3 Å². The second kappa shape index (κ2) is 7.97. The van der Waals surface area contributed by atoms with Gasteiger partial charge in [0.05, 0.1) is 5.70 Å². The molecule has 0 aliphatic carbocycles. The van der Waals surface area contributed by atoms with Crippen LogP contribution in [0.1, 0.15) is 11.1 Å². The van der Waals surface area contributed by atoms with E-state index >= 15 is 4.39 Å². The third kappa shape index (κ3) is 4.41. The van der Waals surface area contributed by atoms with Gasteiger partial charge in [0.25, 0.3) is 5.91 Å². The van der Waals surface area contributed by atoms with Crippen molar-refractivity contribution in [2.75, 3.05) is 17.4 Å². The van der Waals surface area contributed by atoms with Gasteiger partial charge < -0.3 is 15.8 Å². The molecule has 6 N–H and O–H groups in total. The maximum atomic E-state index is 15.0. The second-order valence-corrected chi connectivity index (χ2v) is 7.98. The molecule has 0 unspecified atom stereocenters. The van der Waals surface area contributed by atoms with Gasteiger partial charge in [0.1, 0.15) is 18.0 Å². The van der Waals surface area contributed by atoms with E-state index in [2.05, 4.69) is 0 Å². The molecule has 0 saturated carbocycles. The number of rotatable bonds is 6. The minimum absolute atomic E-state index is 0.0739. The number of hydrazine groups is 1. The molecule has 154 valence electrons. The Bertz CT molecular complexity index is 1060. The molecule has 0 spiro atoms. The third-order valence-corrected chi connectivity index (χ3v) is 5.66. The molecule has 1 fully saturated rings. The SMILES string of the molecule is N/C(=C\N(N)CCc1ccccc1)c1ccc(O)c(N2CC(=O)NS2(=O)=O)c1F. The molecule has 0 aromatic heterocycles. The number of phenolic OH excluding ortho intramolecular Hbond substituents is 1. The first kappa shape index (κ1) is 20.4. The summed E-state index contributed by atoms with van der Waals surface area (Å²) in [5.74, 6) is 3.33. The smallest absolute Gasteiger partial charge is 0.326 e. The number of benzene rings is 2. The molecule has 9 nitrogen and oxygen atoms in total. The van der Waals surface area contributed by atoms with Crippen molar-refractivity contribution in [1.29, 1.82) is 0 Å². The van der Waals surface area contributed by atoms with E-state index in [1.807, 2.05) is 30.3 Å². The van der Waals surface area contributed by atoms with Crippen LogP contribution in [0.15, 0.2) is 48.7 Å². The van der Waals surface area contributed by atoms with Gasteiger partial charge in [0.15, 0.2) is 5.82 Å². The molecule has 1 saturated heterocycles. The summed E-state index contributed by atoms with van der Waals surface area (Å²) in [4.78, 5) is 11.4. The molecule has 0 bridgehead atoms. The molecule has 2 aromatic rings. The number of nitrogens with one attached hydrogen (secondary N) is 1. The fraction of sp³-hybridized carbons (Fsp3) is 0.167. The number of amides is 1. The zero-order valence-corrected chi connectivity index (χ0v) is 16.1. The van der Waals surface area contributed by atoms with Crippen molar-refractivity contribution >= 4 is 27.5 Å². The summed E-state index contributed by atoms with van der Waals surface area (Å²) in [6.45, 7) is -0.254. The average Bonchev–Trinajstić information content (AvgIpc) is 2.93. The summed E-state index contributed by atoms with van der Waals surface area (Å²) in [6.07, 6.45) is 1.94. The van der Waals surface area contributed by atoms with Gasteiger partial charge in [-0.15, -0.1) is 0 Å². The van der Waals surface area contributed by atoms with Crippen LogP contribution in [0.2, 0.25) is 0 Å². The average molecular weight is 421 g/mol. The molecule has 29 heavy (non-hydrogen) atoms. The minimum Gasteiger partial charge on any atom is -0.506 e. The number of anilines is 1.